The fraction of sp³-hybridized carbons (Fsp3) is 0.700. The van der Waals surface area contributed by atoms with Crippen LogP contribution in [-0.2, 0) is 11.3 Å². The Bertz CT molecular complexity index is 546. The Morgan fingerprint density at radius 2 is 1.96 bits per heavy atom. The van der Waals surface area contributed by atoms with E-state index in [4.69, 9.17) is 4.74 Å². The highest BCUT2D eigenvalue weighted by molar-refractivity contribution is 5.59. The Balaban J connectivity index is 1.70. The molecule has 0 spiro atoms. The molecule has 134 valence electrons. The highest BCUT2D eigenvalue weighted by Gasteiger charge is 2.30. The summed E-state index contributed by atoms with van der Waals surface area (Å²) in [6.07, 6.45) is 2.58. The molecule has 0 atom stereocenters. The van der Waals surface area contributed by atoms with Gasteiger partial charge in [0.2, 0.25) is 0 Å². The van der Waals surface area contributed by atoms with Crippen molar-refractivity contribution in [3.63, 3.8) is 0 Å². The van der Waals surface area contributed by atoms with Crippen LogP contribution in [0.3, 0.4) is 0 Å². The predicted molar refractivity (Wildman–Crippen MR) is 100 cm³/mol. The molecular formula is C20H33N3O. The largest absolute Gasteiger partial charge is 0.374 e. The first-order valence-corrected chi connectivity index (χ1v) is 9.39. The number of anilines is 1. The Morgan fingerprint density at radius 3 is 2.67 bits per heavy atom. The molecule has 0 radical (unpaired) electrons. The van der Waals surface area contributed by atoms with E-state index < -0.39 is 0 Å². The average Bonchev–Trinajstić information content (AvgIpc) is 2.87. The number of hydrogen-bond donors (Lipinski definition) is 1. The van der Waals surface area contributed by atoms with Crippen molar-refractivity contribution in [2.24, 2.45) is 5.92 Å². The predicted octanol–water partition coefficient (Wildman–Crippen LogP) is 3.35. The van der Waals surface area contributed by atoms with E-state index in [0.717, 1.165) is 45.2 Å². The van der Waals surface area contributed by atoms with Crippen LogP contribution in [0.5, 0.6) is 0 Å². The van der Waals surface area contributed by atoms with Gasteiger partial charge in [-0.05, 0) is 76.7 Å². The highest BCUT2D eigenvalue weighted by atomic mass is 16.5. The van der Waals surface area contributed by atoms with Crippen LogP contribution in [0, 0.1) is 12.8 Å². The van der Waals surface area contributed by atoms with Crippen LogP contribution in [0.4, 0.5) is 5.69 Å². The van der Waals surface area contributed by atoms with Crippen molar-refractivity contribution in [1.82, 2.24) is 10.3 Å². The summed E-state index contributed by atoms with van der Waals surface area (Å²) < 4.78 is 6.00. The van der Waals surface area contributed by atoms with Gasteiger partial charge >= 0.3 is 0 Å². The smallest absolute Gasteiger partial charge is 0.0664 e. The number of nitrogens with zero attached hydrogens (tertiary/aromatic N) is 2. The third kappa shape index (κ3) is 4.29. The summed E-state index contributed by atoms with van der Waals surface area (Å²) in [6.45, 7) is 14.8. The maximum Gasteiger partial charge on any atom is 0.0664 e. The van der Waals surface area contributed by atoms with Gasteiger partial charge in [-0.15, -0.1) is 0 Å². The van der Waals surface area contributed by atoms with E-state index >= 15 is 0 Å². The molecule has 1 aromatic carbocycles. The van der Waals surface area contributed by atoms with E-state index in [2.05, 4.69) is 61.2 Å². The van der Waals surface area contributed by atoms with Crippen molar-refractivity contribution in [3.8, 4) is 0 Å². The molecule has 3 rings (SSSR count). The lowest BCUT2D eigenvalue weighted by Gasteiger charge is -2.35. The SMILES string of the molecule is Cc1cccc2c1CN(CC1CCNCC1)N2CCOC(C)(C)C. The Morgan fingerprint density at radius 1 is 1.21 bits per heavy atom. The van der Waals surface area contributed by atoms with Crippen LogP contribution in [-0.4, -0.2) is 43.4 Å². The average molecular weight is 332 g/mol. The monoisotopic (exact) mass is 331 g/mol. The number of fused-ring (bicyclic) bond motifs is 1. The van der Waals surface area contributed by atoms with Crippen LogP contribution < -0.4 is 10.3 Å². The van der Waals surface area contributed by atoms with Gasteiger partial charge in [0.15, 0.2) is 0 Å². The van der Waals surface area contributed by atoms with Crippen LogP contribution >= 0.6 is 0 Å². The molecule has 24 heavy (non-hydrogen) atoms. The van der Waals surface area contributed by atoms with Crippen molar-refractivity contribution in [3.05, 3.63) is 29.3 Å². The van der Waals surface area contributed by atoms with Crippen LogP contribution in [0.2, 0.25) is 0 Å². The standard InChI is InChI=1S/C20H33N3O/c1-16-6-5-7-19-18(16)15-22(14-17-8-10-21-11-9-17)23(19)12-13-24-20(2,3)4/h5-7,17,21H,8-15H2,1-4H3. The van der Waals surface area contributed by atoms with Gasteiger partial charge in [0.25, 0.3) is 0 Å². The second-order valence-electron chi connectivity index (χ2n) is 8.20. The van der Waals surface area contributed by atoms with Gasteiger partial charge < -0.3 is 15.1 Å². The van der Waals surface area contributed by atoms with Gasteiger partial charge in [0, 0.05) is 13.1 Å². The number of aryl methyl sites for hydroxylation is 1. The molecule has 1 saturated heterocycles. The summed E-state index contributed by atoms with van der Waals surface area (Å²) in [5.74, 6) is 0.798. The van der Waals surface area contributed by atoms with Crippen molar-refractivity contribution in [2.75, 3.05) is 37.8 Å². The number of ether oxygens (including phenoxy) is 1. The lowest BCUT2D eigenvalue weighted by atomic mass is 9.98. The molecule has 1 N–H and O–H groups in total. The zero-order chi connectivity index (χ0) is 17.2. The lowest BCUT2D eigenvalue weighted by molar-refractivity contribution is -0.00277. The highest BCUT2D eigenvalue weighted by Crippen LogP contribution is 2.34. The molecular weight excluding hydrogens is 298 g/mol. The van der Waals surface area contributed by atoms with E-state index in [1.165, 1.54) is 29.7 Å². The molecule has 1 aromatic rings. The molecule has 0 aromatic heterocycles. The van der Waals surface area contributed by atoms with Crippen molar-refractivity contribution >= 4 is 5.69 Å². The van der Waals surface area contributed by atoms with Gasteiger partial charge in [-0.25, -0.2) is 5.01 Å². The first kappa shape index (κ1) is 17.7. The zero-order valence-corrected chi connectivity index (χ0v) is 15.8. The van der Waals surface area contributed by atoms with Crippen molar-refractivity contribution < 1.29 is 4.74 Å². The molecule has 0 aliphatic carbocycles. The third-order valence-electron chi connectivity index (χ3n) is 5.11. The van der Waals surface area contributed by atoms with Crippen LogP contribution in [0.25, 0.3) is 0 Å². The fourth-order valence-corrected chi connectivity index (χ4v) is 3.78. The normalized spacial score (nSPS) is 19.8. The number of benzene rings is 1. The van der Waals surface area contributed by atoms with Crippen LogP contribution in [0.1, 0.15) is 44.7 Å². The lowest BCUT2D eigenvalue weighted by Crippen LogP contribution is -2.44. The van der Waals surface area contributed by atoms with Gasteiger partial charge in [-0.1, -0.05) is 12.1 Å². The maximum atomic E-state index is 6.00. The van der Waals surface area contributed by atoms with Gasteiger partial charge in [-0.3, -0.25) is 0 Å². The molecule has 1 fully saturated rings. The van der Waals surface area contributed by atoms with Crippen LogP contribution in [0.15, 0.2) is 18.2 Å². The molecule has 0 bridgehead atoms. The summed E-state index contributed by atoms with van der Waals surface area (Å²) in [4.78, 5) is 0. The summed E-state index contributed by atoms with van der Waals surface area (Å²) >= 11 is 0. The molecule has 4 nitrogen and oxygen atoms in total. The third-order valence-corrected chi connectivity index (χ3v) is 5.11. The molecule has 0 saturated carbocycles. The summed E-state index contributed by atoms with van der Waals surface area (Å²) in [5.41, 5.74) is 4.19. The van der Waals surface area contributed by atoms with Gasteiger partial charge in [0.05, 0.1) is 24.4 Å². The molecule has 2 aliphatic heterocycles. The summed E-state index contributed by atoms with van der Waals surface area (Å²) in [5, 5.41) is 8.50. The van der Waals surface area contributed by atoms with E-state index in [1.807, 2.05) is 0 Å². The Labute approximate surface area is 147 Å². The number of hydrazine groups is 1. The summed E-state index contributed by atoms with van der Waals surface area (Å²) in [6, 6.07) is 6.68. The van der Waals surface area contributed by atoms with Gasteiger partial charge in [-0.2, -0.15) is 0 Å². The molecule has 0 amide bonds. The molecule has 0 unspecified atom stereocenters. The Kier molecular flexibility index (Phi) is 5.48. The first-order chi connectivity index (χ1) is 11.4. The van der Waals surface area contributed by atoms with Gasteiger partial charge in [0.1, 0.15) is 0 Å². The van der Waals surface area contributed by atoms with E-state index in [-0.39, 0.29) is 5.60 Å². The zero-order valence-electron chi connectivity index (χ0n) is 15.8. The topological polar surface area (TPSA) is 27.7 Å². The van der Waals surface area contributed by atoms with E-state index in [0.29, 0.717) is 0 Å². The van der Waals surface area contributed by atoms with Crippen molar-refractivity contribution in [1.29, 1.82) is 0 Å². The van der Waals surface area contributed by atoms with Crippen molar-refractivity contribution in [2.45, 2.75) is 52.7 Å². The molecule has 2 aliphatic rings. The second-order valence-corrected chi connectivity index (χ2v) is 8.20. The quantitative estimate of drug-likeness (QED) is 0.895. The minimum Gasteiger partial charge on any atom is -0.374 e. The Hall–Kier alpha value is -1.10. The number of piperidine rings is 1. The number of hydrogen-bond acceptors (Lipinski definition) is 4. The maximum absolute atomic E-state index is 6.00. The minimum atomic E-state index is -0.0744. The second kappa shape index (κ2) is 7.42. The molecule has 4 heteroatoms. The fourth-order valence-electron chi connectivity index (χ4n) is 3.78. The van der Waals surface area contributed by atoms with E-state index in [1.54, 1.807) is 0 Å². The first-order valence-electron chi connectivity index (χ1n) is 9.39. The minimum absolute atomic E-state index is 0.0744. The summed E-state index contributed by atoms with van der Waals surface area (Å²) in [7, 11) is 0. The number of nitrogens with one attached hydrogen (secondary N) is 1. The van der Waals surface area contributed by atoms with E-state index in [9.17, 15) is 0 Å². The molecule has 2 heterocycles. The number of rotatable bonds is 5.